The maximum absolute atomic E-state index is 11.6. The second-order valence-electron chi connectivity index (χ2n) is 5.82. The summed E-state index contributed by atoms with van der Waals surface area (Å²) in [6, 6.07) is 0. The maximum Gasteiger partial charge on any atom is 0.226 e. The van der Waals surface area contributed by atoms with Gasteiger partial charge in [0.25, 0.3) is 0 Å². The predicted octanol–water partition coefficient (Wildman–Crippen LogP) is 3.19. The number of rotatable bonds is 9. The van der Waals surface area contributed by atoms with Crippen molar-refractivity contribution in [3.63, 3.8) is 0 Å². The third kappa shape index (κ3) is 5.87. The van der Waals surface area contributed by atoms with Gasteiger partial charge < -0.3 is 14.9 Å². The Balaban J connectivity index is 2.66. The Hall–Kier alpha value is -2.14. The average Bonchev–Trinajstić information content (AvgIpc) is 3.01. The van der Waals surface area contributed by atoms with Crippen molar-refractivity contribution in [3.8, 4) is 0 Å². The molecule has 0 saturated carbocycles. The van der Waals surface area contributed by atoms with Gasteiger partial charge in [-0.05, 0) is 33.3 Å². The van der Waals surface area contributed by atoms with Crippen LogP contribution in [0.25, 0.3) is 0 Å². The van der Waals surface area contributed by atoms with E-state index in [0.717, 1.165) is 11.3 Å². The van der Waals surface area contributed by atoms with Crippen molar-refractivity contribution in [2.45, 2.75) is 40.2 Å². The van der Waals surface area contributed by atoms with E-state index in [9.17, 15) is 4.79 Å². The van der Waals surface area contributed by atoms with Crippen LogP contribution in [0.15, 0.2) is 53.0 Å². The lowest BCUT2D eigenvalue weighted by atomic mass is 9.82. The fourth-order valence-corrected chi connectivity index (χ4v) is 2.17. The molecule has 1 heterocycles. The number of aromatic nitrogens is 1. The number of primary amides is 1. The minimum absolute atomic E-state index is 0.340. The number of nitrogens with two attached hydrogens (primary N) is 1. The van der Waals surface area contributed by atoms with Gasteiger partial charge in [-0.25, -0.2) is 4.98 Å². The van der Waals surface area contributed by atoms with Crippen molar-refractivity contribution < 1.29 is 13.9 Å². The lowest BCUT2D eigenvalue weighted by molar-refractivity contribution is -0.132. The molecular weight excluding hydrogens is 292 g/mol. The minimum atomic E-state index is -0.757. The molecule has 5 heteroatoms. The molecule has 1 atom stereocenters. The second kappa shape index (κ2) is 9.10. The lowest BCUT2D eigenvalue weighted by Gasteiger charge is -2.31. The van der Waals surface area contributed by atoms with Gasteiger partial charge in [-0.15, -0.1) is 0 Å². The van der Waals surface area contributed by atoms with Crippen LogP contribution in [0.1, 0.15) is 33.5 Å². The van der Waals surface area contributed by atoms with E-state index in [2.05, 4.69) is 4.98 Å². The first-order chi connectivity index (χ1) is 10.9. The van der Waals surface area contributed by atoms with Crippen LogP contribution in [0.3, 0.4) is 0 Å². The van der Waals surface area contributed by atoms with Gasteiger partial charge in [0.05, 0.1) is 17.7 Å². The molecule has 1 aromatic rings. The molecule has 1 amide bonds. The van der Waals surface area contributed by atoms with E-state index in [1.807, 2.05) is 44.2 Å². The van der Waals surface area contributed by atoms with Gasteiger partial charge in [-0.1, -0.05) is 30.4 Å². The summed E-state index contributed by atoms with van der Waals surface area (Å²) < 4.78 is 10.9. The zero-order chi connectivity index (χ0) is 17.3. The first kappa shape index (κ1) is 18.9. The molecule has 2 N–H and O–H groups in total. The summed E-state index contributed by atoms with van der Waals surface area (Å²) in [5.74, 6) is 0.445. The Bertz CT molecular complexity index is 569. The number of oxazole rings is 1. The normalized spacial score (nSPS) is 14.7. The van der Waals surface area contributed by atoms with Crippen molar-refractivity contribution in [2.75, 3.05) is 6.61 Å². The number of nitrogens with zero attached hydrogens (tertiary/aromatic N) is 1. The van der Waals surface area contributed by atoms with Crippen LogP contribution in [0.5, 0.6) is 0 Å². The van der Waals surface area contributed by atoms with Gasteiger partial charge in [0.2, 0.25) is 5.91 Å². The molecular formula is C18H26N2O3. The van der Waals surface area contributed by atoms with E-state index in [1.54, 1.807) is 20.0 Å². The molecule has 0 saturated heterocycles. The van der Waals surface area contributed by atoms with E-state index < -0.39 is 5.41 Å². The van der Waals surface area contributed by atoms with Crippen molar-refractivity contribution >= 4 is 5.91 Å². The number of hydrogen-bond acceptors (Lipinski definition) is 4. The van der Waals surface area contributed by atoms with E-state index >= 15 is 0 Å². The molecule has 23 heavy (non-hydrogen) atoms. The van der Waals surface area contributed by atoms with Gasteiger partial charge in [-0.3, -0.25) is 4.79 Å². The zero-order valence-electron chi connectivity index (χ0n) is 14.3. The highest BCUT2D eigenvalue weighted by Crippen LogP contribution is 2.28. The van der Waals surface area contributed by atoms with Crippen LogP contribution >= 0.6 is 0 Å². The molecule has 1 unspecified atom stereocenters. The summed E-state index contributed by atoms with van der Waals surface area (Å²) in [6.45, 7) is 7.96. The zero-order valence-corrected chi connectivity index (χ0v) is 14.3. The molecule has 5 nitrogen and oxygen atoms in total. The van der Waals surface area contributed by atoms with E-state index in [1.165, 1.54) is 6.39 Å². The predicted molar refractivity (Wildman–Crippen MR) is 90.6 cm³/mol. The van der Waals surface area contributed by atoms with Gasteiger partial charge in [0.15, 0.2) is 6.39 Å². The highest BCUT2D eigenvalue weighted by molar-refractivity contribution is 5.81. The maximum atomic E-state index is 11.6. The number of amides is 1. The topological polar surface area (TPSA) is 78.3 Å². The van der Waals surface area contributed by atoms with E-state index in [0.29, 0.717) is 13.0 Å². The smallest absolute Gasteiger partial charge is 0.226 e. The van der Waals surface area contributed by atoms with Crippen molar-refractivity contribution in [2.24, 2.45) is 11.1 Å². The first-order valence-electron chi connectivity index (χ1n) is 7.68. The van der Waals surface area contributed by atoms with Crippen LogP contribution in [-0.2, 0) is 16.0 Å². The first-order valence-corrected chi connectivity index (χ1v) is 7.68. The van der Waals surface area contributed by atoms with Gasteiger partial charge in [-0.2, -0.15) is 0 Å². The number of hydrogen-bond donors (Lipinski definition) is 1. The van der Waals surface area contributed by atoms with Crippen LogP contribution in [-0.4, -0.2) is 23.6 Å². The van der Waals surface area contributed by atoms with E-state index in [4.69, 9.17) is 14.9 Å². The quantitative estimate of drug-likeness (QED) is 0.709. The summed E-state index contributed by atoms with van der Waals surface area (Å²) in [5, 5.41) is 0. The molecule has 0 aromatic carbocycles. The molecule has 1 aromatic heterocycles. The SMILES string of the molecule is CCOC(\C(C)=C/C=C\C=C\Cc1cnco1)C(C)(C)C(N)=O. The molecule has 0 radical (unpaired) electrons. The third-order valence-electron chi connectivity index (χ3n) is 3.56. The van der Waals surface area contributed by atoms with E-state index in [-0.39, 0.29) is 12.0 Å². The van der Waals surface area contributed by atoms with Crippen LogP contribution < -0.4 is 5.73 Å². The number of carbonyl (C=O) groups is 1. The molecule has 0 aliphatic rings. The molecule has 126 valence electrons. The molecule has 0 aliphatic carbocycles. The molecule has 0 spiro atoms. The fraction of sp³-hybridized carbons (Fsp3) is 0.444. The Morgan fingerprint density at radius 3 is 2.74 bits per heavy atom. The summed E-state index contributed by atoms with van der Waals surface area (Å²) in [4.78, 5) is 15.5. The lowest BCUT2D eigenvalue weighted by Crippen LogP contribution is -2.43. The number of ether oxygens (including phenoxy) is 1. The summed E-state index contributed by atoms with van der Waals surface area (Å²) >= 11 is 0. The highest BCUT2D eigenvalue weighted by atomic mass is 16.5. The average molecular weight is 318 g/mol. The van der Waals surface area contributed by atoms with Gasteiger partial charge in [0.1, 0.15) is 5.76 Å². The summed E-state index contributed by atoms with van der Waals surface area (Å²) in [7, 11) is 0. The molecule has 1 rings (SSSR count). The van der Waals surface area contributed by atoms with Gasteiger partial charge in [0, 0.05) is 13.0 Å². The highest BCUT2D eigenvalue weighted by Gasteiger charge is 2.36. The third-order valence-corrected chi connectivity index (χ3v) is 3.56. The molecule has 0 bridgehead atoms. The van der Waals surface area contributed by atoms with Crippen molar-refractivity contribution in [3.05, 3.63) is 54.3 Å². The van der Waals surface area contributed by atoms with Crippen LogP contribution in [0.4, 0.5) is 0 Å². The Morgan fingerprint density at radius 1 is 1.43 bits per heavy atom. The number of carbonyl (C=O) groups excluding carboxylic acids is 1. The second-order valence-corrected chi connectivity index (χ2v) is 5.82. The minimum Gasteiger partial charge on any atom is -0.448 e. The standard InChI is InChI=1S/C18H26N2O3/c1-5-22-16(18(3,4)17(19)21)14(2)10-8-6-7-9-11-15-12-20-13-23-15/h6-10,12-13,16H,5,11H2,1-4H3,(H2,19,21)/b8-6-,9-7+,14-10-. The largest absolute Gasteiger partial charge is 0.448 e. The van der Waals surface area contributed by atoms with Crippen LogP contribution in [0, 0.1) is 5.41 Å². The van der Waals surface area contributed by atoms with Crippen LogP contribution in [0.2, 0.25) is 0 Å². The summed E-state index contributed by atoms with van der Waals surface area (Å²) in [5.41, 5.74) is 5.69. The number of allylic oxidation sites excluding steroid dienone is 5. The molecule has 0 fully saturated rings. The summed E-state index contributed by atoms with van der Waals surface area (Å²) in [6.07, 6.45) is 13.1. The van der Waals surface area contributed by atoms with Crippen molar-refractivity contribution in [1.82, 2.24) is 4.98 Å². The monoisotopic (exact) mass is 318 g/mol. The van der Waals surface area contributed by atoms with Crippen molar-refractivity contribution in [1.29, 1.82) is 0 Å². The Labute approximate surface area is 137 Å². The van der Waals surface area contributed by atoms with Gasteiger partial charge >= 0.3 is 0 Å². The molecule has 0 aliphatic heterocycles. The Kier molecular flexibility index (Phi) is 7.48. The fourth-order valence-electron chi connectivity index (χ4n) is 2.17. The Morgan fingerprint density at radius 2 is 2.17 bits per heavy atom.